The summed E-state index contributed by atoms with van der Waals surface area (Å²) < 4.78 is 44.5. The van der Waals surface area contributed by atoms with E-state index in [1.54, 1.807) is 20.8 Å². The van der Waals surface area contributed by atoms with Crippen LogP contribution in [-0.4, -0.2) is 54.5 Å². The number of carbonyl (C=O) groups excluding carboxylic acids is 2. The third-order valence-electron chi connectivity index (χ3n) is 4.90. The number of anilines is 1. The molecule has 2 atom stereocenters. The summed E-state index contributed by atoms with van der Waals surface area (Å²) in [6, 6.07) is 3.21. The van der Waals surface area contributed by atoms with Gasteiger partial charge in [0.1, 0.15) is 5.60 Å². The molecule has 2 bridgehead atoms. The number of halogens is 3. The van der Waals surface area contributed by atoms with Gasteiger partial charge in [0.05, 0.1) is 12.1 Å². The lowest BCUT2D eigenvalue weighted by Gasteiger charge is -2.36. The average Bonchev–Trinajstić information content (AvgIpc) is 3.11. The van der Waals surface area contributed by atoms with E-state index >= 15 is 0 Å². The molecule has 2 heterocycles. The van der Waals surface area contributed by atoms with E-state index in [9.17, 15) is 22.8 Å². The van der Waals surface area contributed by atoms with Crippen molar-refractivity contribution in [3.8, 4) is 0 Å². The van der Waals surface area contributed by atoms with Crippen molar-refractivity contribution in [3.63, 3.8) is 0 Å². The average molecular weight is 384 g/mol. The van der Waals surface area contributed by atoms with Crippen molar-refractivity contribution in [2.75, 3.05) is 24.5 Å². The van der Waals surface area contributed by atoms with E-state index in [4.69, 9.17) is 4.74 Å². The second-order valence-electron chi connectivity index (χ2n) is 8.10. The summed E-state index contributed by atoms with van der Waals surface area (Å²) in [5.41, 5.74) is -0.770. The van der Waals surface area contributed by atoms with Crippen molar-refractivity contribution in [2.45, 2.75) is 51.1 Å². The lowest BCUT2D eigenvalue weighted by atomic mass is 10.1. The van der Waals surface area contributed by atoms with Crippen molar-refractivity contribution in [3.05, 3.63) is 29.3 Å². The van der Waals surface area contributed by atoms with E-state index in [1.165, 1.54) is 6.07 Å². The molecule has 0 radical (unpaired) electrons. The largest absolute Gasteiger partial charge is 0.459 e. The molecule has 1 aromatic rings. The van der Waals surface area contributed by atoms with E-state index in [0.717, 1.165) is 18.6 Å². The van der Waals surface area contributed by atoms with Gasteiger partial charge in [-0.2, -0.15) is 13.2 Å². The molecular weight excluding hydrogens is 361 g/mol. The van der Waals surface area contributed by atoms with Crippen molar-refractivity contribution in [2.24, 2.45) is 0 Å². The molecule has 2 aliphatic rings. The number of benzene rings is 1. The number of hydrogen-bond acceptors (Lipinski definition) is 5. The predicted octanol–water partition coefficient (Wildman–Crippen LogP) is 3.12. The minimum absolute atomic E-state index is 0.0281. The van der Waals surface area contributed by atoms with Crippen LogP contribution in [0.15, 0.2) is 18.2 Å². The van der Waals surface area contributed by atoms with Gasteiger partial charge in [0.2, 0.25) is 0 Å². The summed E-state index contributed by atoms with van der Waals surface area (Å²) >= 11 is 0. The second kappa shape index (κ2) is 6.82. The van der Waals surface area contributed by atoms with Gasteiger partial charge in [-0.25, -0.2) is 0 Å². The Morgan fingerprint density at radius 1 is 1.22 bits per heavy atom. The van der Waals surface area contributed by atoms with Gasteiger partial charge >= 0.3 is 12.1 Å². The normalized spacial score (nSPS) is 23.0. The maximum Gasteiger partial charge on any atom is 0.416 e. The van der Waals surface area contributed by atoms with E-state index in [-0.39, 0.29) is 30.2 Å². The number of hydrogen-bond donors (Lipinski definition) is 0. The van der Waals surface area contributed by atoms with E-state index in [1.807, 2.05) is 9.80 Å². The number of esters is 1. The Labute approximate surface area is 156 Å². The van der Waals surface area contributed by atoms with Crippen LogP contribution >= 0.6 is 0 Å². The fraction of sp³-hybridized carbons (Fsp3) is 0.579. The van der Waals surface area contributed by atoms with Crippen molar-refractivity contribution in [1.29, 1.82) is 0 Å². The molecule has 2 aliphatic heterocycles. The second-order valence-corrected chi connectivity index (χ2v) is 8.10. The summed E-state index contributed by atoms with van der Waals surface area (Å²) in [5.74, 6) is -0.311. The predicted molar refractivity (Wildman–Crippen MR) is 93.8 cm³/mol. The molecular formula is C19H23F3N2O3. The summed E-state index contributed by atoms with van der Waals surface area (Å²) in [6.07, 6.45) is -3.13. The van der Waals surface area contributed by atoms with Crippen LogP contribution in [0.4, 0.5) is 18.9 Å². The van der Waals surface area contributed by atoms with Crippen LogP contribution in [0, 0.1) is 0 Å². The van der Waals surface area contributed by atoms with Crippen LogP contribution in [-0.2, 0) is 15.7 Å². The van der Waals surface area contributed by atoms with Crippen LogP contribution in [0.1, 0.15) is 43.1 Å². The molecule has 8 heteroatoms. The molecule has 3 rings (SSSR count). The minimum atomic E-state index is -4.46. The number of likely N-dealkylation sites (tertiary alicyclic amines) is 1. The van der Waals surface area contributed by atoms with Gasteiger partial charge in [0.25, 0.3) is 0 Å². The molecule has 2 saturated heterocycles. The molecule has 2 unspecified atom stereocenters. The summed E-state index contributed by atoms with van der Waals surface area (Å²) in [4.78, 5) is 27.2. The zero-order valence-electron chi connectivity index (χ0n) is 15.5. The molecule has 0 amide bonds. The van der Waals surface area contributed by atoms with E-state index in [0.29, 0.717) is 25.1 Å². The standard InChI is InChI=1S/C19H23F3N2O3/c1-18(2,3)27-17(26)10-23-8-15-7-14(23)9-24(15)16-6-13(19(20,21)22)5-4-12(16)11-25/h4-6,11,14-15H,7-10H2,1-3H3. The molecule has 0 saturated carbocycles. The molecule has 27 heavy (non-hydrogen) atoms. The van der Waals surface area contributed by atoms with Crippen LogP contribution in [0.5, 0.6) is 0 Å². The minimum Gasteiger partial charge on any atom is -0.459 e. The fourth-order valence-electron chi connectivity index (χ4n) is 3.85. The van der Waals surface area contributed by atoms with Gasteiger partial charge in [-0.3, -0.25) is 14.5 Å². The summed E-state index contributed by atoms with van der Waals surface area (Å²) in [5, 5.41) is 0. The quantitative estimate of drug-likeness (QED) is 0.590. The molecule has 2 fully saturated rings. The number of carbonyl (C=O) groups is 2. The highest BCUT2D eigenvalue weighted by molar-refractivity contribution is 5.85. The molecule has 5 nitrogen and oxygen atoms in total. The van der Waals surface area contributed by atoms with Crippen LogP contribution < -0.4 is 4.90 Å². The number of alkyl halides is 3. The molecule has 0 aromatic heterocycles. The van der Waals surface area contributed by atoms with Crippen LogP contribution in [0.2, 0.25) is 0 Å². The van der Waals surface area contributed by atoms with Gasteiger partial charge < -0.3 is 9.64 Å². The van der Waals surface area contributed by atoms with Crippen molar-refractivity contribution < 1.29 is 27.5 Å². The maximum absolute atomic E-state index is 13.1. The smallest absolute Gasteiger partial charge is 0.416 e. The Morgan fingerprint density at radius 3 is 2.44 bits per heavy atom. The van der Waals surface area contributed by atoms with Gasteiger partial charge in [-0.15, -0.1) is 0 Å². The Hall–Kier alpha value is -2.09. The number of fused-ring (bicyclic) bond motifs is 2. The lowest BCUT2D eigenvalue weighted by molar-refractivity contribution is -0.156. The lowest BCUT2D eigenvalue weighted by Crippen LogP contribution is -2.49. The Morgan fingerprint density at radius 2 is 1.93 bits per heavy atom. The Balaban J connectivity index is 1.73. The Kier molecular flexibility index (Phi) is 4.96. The molecule has 148 valence electrons. The summed E-state index contributed by atoms with van der Waals surface area (Å²) in [7, 11) is 0. The zero-order valence-corrected chi connectivity index (χ0v) is 15.5. The first-order chi connectivity index (χ1) is 12.5. The number of aldehydes is 1. The number of ether oxygens (including phenoxy) is 1. The van der Waals surface area contributed by atoms with Gasteiger partial charge in [-0.05, 0) is 45.4 Å². The third-order valence-corrected chi connectivity index (χ3v) is 4.90. The first-order valence-electron chi connectivity index (χ1n) is 8.87. The highest BCUT2D eigenvalue weighted by Gasteiger charge is 2.45. The van der Waals surface area contributed by atoms with Gasteiger partial charge in [-0.1, -0.05) is 0 Å². The number of piperazine rings is 1. The SMILES string of the molecule is CC(C)(C)OC(=O)CN1CC2CC1CN2c1cc(C(F)(F)F)ccc1C=O. The number of rotatable bonds is 4. The van der Waals surface area contributed by atoms with Crippen molar-refractivity contribution >= 4 is 17.9 Å². The first-order valence-corrected chi connectivity index (χ1v) is 8.87. The highest BCUT2D eigenvalue weighted by Crippen LogP contribution is 2.39. The van der Waals surface area contributed by atoms with Crippen LogP contribution in [0.25, 0.3) is 0 Å². The topological polar surface area (TPSA) is 49.9 Å². The summed E-state index contributed by atoms with van der Waals surface area (Å²) in [6.45, 7) is 6.61. The van der Waals surface area contributed by atoms with Gasteiger partial charge in [0, 0.05) is 36.4 Å². The molecule has 1 aromatic carbocycles. The van der Waals surface area contributed by atoms with Crippen molar-refractivity contribution in [1.82, 2.24) is 4.90 Å². The first kappa shape index (κ1) is 19.7. The fourth-order valence-corrected chi connectivity index (χ4v) is 3.85. The maximum atomic E-state index is 13.1. The number of nitrogens with zero attached hydrogens (tertiary/aromatic N) is 2. The Bertz CT molecular complexity index is 743. The monoisotopic (exact) mass is 384 g/mol. The van der Waals surface area contributed by atoms with Gasteiger partial charge in [0.15, 0.2) is 6.29 Å². The highest BCUT2D eigenvalue weighted by atomic mass is 19.4. The van der Waals surface area contributed by atoms with Crippen LogP contribution in [0.3, 0.4) is 0 Å². The molecule has 0 N–H and O–H groups in total. The molecule has 0 spiro atoms. The molecule has 0 aliphatic carbocycles. The third kappa shape index (κ3) is 4.26. The zero-order chi connectivity index (χ0) is 20.0. The van der Waals surface area contributed by atoms with E-state index in [2.05, 4.69) is 0 Å². The van der Waals surface area contributed by atoms with E-state index < -0.39 is 17.3 Å².